The number of hydrogen-bond donors (Lipinski definition) is 3. The van der Waals surface area contributed by atoms with E-state index in [1.54, 1.807) is 18.3 Å². The van der Waals surface area contributed by atoms with Gasteiger partial charge < -0.3 is 26.2 Å². The lowest BCUT2D eigenvalue weighted by Gasteiger charge is -2.34. The Hall–Kier alpha value is -3.58. The molecule has 0 unspecified atom stereocenters. The second kappa shape index (κ2) is 8.84. The highest BCUT2D eigenvalue weighted by atomic mass is 16.1. The van der Waals surface area contributed by atoms with Crippen LogP contribution in [-0.2, 0) is 0 Å². The molecule has 0 spiro atoms. The highest BCUT2D eigenvalue weighted by Gasteiger charge is 2.14. The average molecular weight is 403 g/mol. The van der Waals surface area contributed by atoms with Gasteiger partial charge in [-0.2, -0.15) is 0 Å². The first-order valence-electron chi connectivity index (χ1n) is 10.0. The van der Waals surface area contributed by atoms with E-state index in [0.717, 1.165) is 37.6 Å². The molecule has 1 aromatic heterocycles. The maximum atomic E-state index is 11.6. The average Bonchev–Trinajstić information content (AvgIpc) is 2.75. The summed E-state index contributed by atoms with van der Waals surface area (Å²) in [7, 11) is 2.16. The Morgan fingerprint density at radius 2 is 1.67 bits per heavy atom. The number of likely N-dealkylation sites (N-methyl/N-ethyl adjacent to an activating group) is 1. The van der Waals surface area contributed by atoms with Crippen molar-refractivity contribution < 1.29 is 4.79 Å². The molecule has 2 heterocycles. The molecule has 30 heavy (non-hydrogen) atoms. The van der Waals surface area contributed by atoms with Gasteiger partial charge in [-0.05, 0) is 49.5 Å². The monoisotopic (exact) mass is 402 g/mol. The van der Waals surface area contributed by atoms with E-state index in [2.05, 4.69) is 56.7 Å². The normalized spacial score (nSPS) is 14.4. The zero-order valence-electron chi connectivity index (χ0n) is 17.0. The second-order valence-electron chi connectivity index (χ2n) is 7.43. The molecule has 1 aliphatic rings. The van der Waals surface area contributed by atoms with Gasteiger partial charge in [-0.3, -0.25) is 4.79 Å². The predicted molar refractivity (Wildman–Crippen MR) is 122 cm³/mol. The molecule has 3 aromatic rings. The molecule has 4 rings (SSSR count). The van der Waals surface area contributed by atoms with Crippen molar-refractivity contribution in [2.45, 2.75) is 0 Å². The number of anilines is 5. The van der Waals surface area contributed by atoms with E-state index in [1.807, 2.05) is 24.3 Å². The van der Waals surface area contributed by atoms with Crippen LogP contribution in [0.2, 0.25) is 0 Å². The first kappa shape index (κ1) is 19.7. The third-order valence-electron chi connectivity index (χ3n) is 5.24. The predicted octanol–water partition coefficient (Wildman–Crippen LogP) is 3.42. The molecule has 154 valence electrons. The SMILES string of the molecule is CN1CCN(c2ccc(Nc3cc(Nc4ccccc4C(N)=O)ccn3)cc2)CC1. The van der Waals surface area contributed by atoms with Gasteiger partial charge >= 0.3 is 0 Å². The van der Waals surface area contributed by atoms with Crippen molar-refractivity contribution >= 4 is 34.5 Å². The van der Waals surface area contributed by atoms with Crippen LogP contribution in [0.5, 0.6) is 0 Å². The first-order valence-corrected chi connectivity index (χ1v) is 10.0. The van der Waals surface area contributed by atoms with E-state index < -0.39 is 5.91 Å². The Bertz CT molecular complexity index is 1010. The summed E-state index contributed by atoms with van der Waals surface area (Å²) in [6, 6.07) is 19.3. The summed E-state index contributed by atoms with van der Waals surface area (Å²) in [5, 5.41) is 6.58. The molecule has 0 saturated carbocycles. The number of pyridine rings is 1. The van der Waals surface area contributed by atoms with E-state index >= 15 is 0 Å². The van der Waals surface area contributed by atoms with Crippen LogP contribution in [0.4, 0.5) is 28.6 Å². The number of hydrogen-bond acceptors (Lipinski definition) is 6. The van der Waals surface area contributed by atoms with Gasteiger partial charge in [0.05, 0.1) is 11.3 Å². The molecule has 1 saturated heterocycles. The van der Waals surface area contributed by atoms with Gasteiger partial charge in [0.25, 0.3) is 5.91 Å². The summed E-state index contributed by atoms with van der Waals surface area (Å²) >= 11 is 0. The molecule has 0 aliphatic carbocycles. The van der Waals surface area contributed by atoms with Crippen molar-refractivity contribution in [1.82, 2.24) is 9.88 Å². The molecule has 0 bridgehead atoms. The number of amides is 1. The number of nitrogens with one attached hydrogen (secondary N) is 2. The van der Waals surface area contributed by atoms with E-state index in [9.17, 15) is 4.79 Å². The fourth-order valence-electron chi connectivity index (χ4n) is 3.51. The largest absolute Gasteiger partial charge is 0.369 e. The van der Waals surface area contributed by atoms with Crippen LogP contribution in [0.15, 0.2) is 66.9 Å². The van der Waals surface area contributed by atoms with Crippen molar-refractivity contribution in [2.24, 2.45) is 5.73 Å². The van der Waals surface area contributed by atoms with E-state index in [4.69, 9.17) is 5.73 Å². The molecule has 0 atom stereocenters. The summed E-state index contributed by atoms with van der Waals surface area (Å²) in [6.45, 7) is 4.27. The highest BCUT2D eigenvalue weighted by Crippen LogP contribution is 2.25. The number of carbonyl (C=O) groups excluding carboxylic acids is 1. The van der Waals surface area contributed by atoms with Crippen molar-refractivity contribution in [1.29, 1.82) is 0 Å². The molecule has 2 aromatic carbocycles. The van der Waals surface area contributed by atoms with E-state index in [1.165, 1.54) is 5.69 Å². The van der Waals surface area contributed by atoms with Gasteiger partial charge in [0.2, 0.25) is 0 Å². The lowest BCUT2D eigenvalue weighted by Crippen LogP contribution is -2.44. The Morgan fingerprint density at radius 3 is 2.40 bits per heavy atom. The molecule has 7 heteroatoms. The Balaban J connectivity index is 1.44. The van der Waals surface area contributed by atoms with Crippen LogP contribution < -0.4 is 21.3 Å². The number of para-hydroxylation sites is 1. The number of carbonyl (C=O) groups is 1. The number of primary amides is 1. The van der Waals surface area contributed by atoms with Crippen LogP contribution in [0, 0.1) is 0 Å². The Morgan fingerprint density at radius 1 is 0.933 bits per heavy atom. The van der Waals surface area contributed by atoms with Crippen LogP contribution in [0.1, 0.15) is 10.4 Å². The molecular weight excluding hydrogens is 376 g/mol. The maximum absolute atomic E-state index is 11.6. The molecule has 4 N–H and O–H groups in total. The van der Waals surface area contributed by atoms with Crippen LogP contribution >= 0.6 is 0 Å². The number of piperazine rings is 1. The lowest BCUT2D eigenvalue weighted by molar-refractivity contribution is 0.100. The standard InChI is InChI=1S/C23H26N6O/c1-28-12-14-29(15-13-28)19-8-6-17(7-9-19)27-22-16-18(10-11-25-22)26-21-5-3-2-4-20(21)23(24)30/h2-11,16H,12-15H2,1H3,(H2,24,30)(H2,25,26,27). The molecule has 1 amide bonds. The van der Waals surface area contributed by atoms with Crippen LogP contribution in [0.25, 0.3) is 0 Å². The van der Waals surface area contributed by atoms with E-state index in [0.29, 0.717) is 17.1 Å². The first-order chi connectivity index (χ1) is 14.6. The minimum Gasteiger partial charge on any atom is -0.369 e. The number of nitrogens with two attached hydrogens (primary N) is 1. The summed E-state index contributed by atoms with van der Waals surface area (Å²) in [5.41, 5.74) is 9.60. The minimum atomic E-state index is -0.467. The molecule has 0 radical (unpaired) electrons. The number of nitrogens with zero attached hydrogens (tertiary/aromatic N) is 3. The summed E-state index contributed by atoms with van der Waals surface area (Å²) in [4.78, 5) is 20.8. The van der Waals surface area contributed by atoms with Crippen molar-refractivity contribution in [3.63, 3.8) is 0 Å². The molecular formula is C23H26N6O. The minimum absolute atomic E-state index is 0.448. The zero-order valence-corrected chi connectivity index (χ0v) is 17.0. The maximum Gasteiger partial charge on any atom is 0.250 e. The van der Waals surface area contributed by atoms with Gasteiger partial charge in [-0.1, -0.05) is 12.1 Å². The Labute approximate surface area is 176 Å². The second-order valence-corrected chi connectivity index (χ2v) is 7.43. The zero-order chi connectivity index (χ0) is 20.9. The fraction of sp³-hybridized carbons (Fsp3) is 0.217. The topological polar surface area (TPSA) is 86.5 Å². The highest BCUT2D eigenvalue weighted by molar-refractivity contribution is 5.99. The summed E-state index contributed by atoms with van der Waals surface area (Å²) in [6.07, 6.45) is 1.72. The molecule has 1 fully saturated rings. The van der Waals surface area contributed by atoms with Gasteiger partial charge in [-0.25, -0.2) is 4.98 Å². The van der Waals surface area contributed by atoms with Crippen molar-refractivity contribution in [3.8, 4) is 0 Å². The van der Waals surface area contributed by atoms with Gasteiger partial charge in [0, 0.05) is 55.5 Å². The lowest BCUT2D eigenvalue weighted by atomic mass is 10.1. The number of aromatic nitrogens is 1. The van der Waals surface area contributed by atoms with E-state index in [-0.39, 0.29) is 0 Å². The fourth-order valence-corrected chi connectivity index (χ4v) is 3.51. The molecule has 1 aliphatic heterocycles. The van der Waals surface area contributed by atoms with Gasteiger partial charge in [-0.15, -0.1) is 0 Å². The van der Waals surface area contributed by atoms with Crippen LogP contribution in [-0.4, -0.2) is 49.0 Å². The van der Waals surface area contributed by atoms with Crippen LogP contribution in [0.3, 0.4) is 0 Å². The quantitative estimate of drug-likeness (QED) is 0.586. The molecule has 7 nitrogen and oxygen atoms in total. The van der Waals surface area contributed by atoms with Crippen molar-refractivity contribution in [3.05, 3.63) is 72.4 Å². The third kappa shape index (κ3) is 4.69. The number of benzene rings is 2. The van der Waals surface area contributed by atoms with Crippen molar-refractivity contribution in [2.75, 3.05) is 48.8 Å². The smallest absolute Gasteiger partial charge is 0.250 e. The third-order valence-corrected chi connectivity index (χ3v) is 5.24. The summed E-state index contributed by atoms with van der Waals surface area (Å²) in [5.74, 6) is 0.245. The summed E-state index contributed by atoms with van der Waals surface area (Å²) < 4.78 is 0. The van der Waals surface area contributed by atoms with Gasteiger partial charge in [0.1, 0.15) is 5.82 Å². The Kier molecular flexibility index (Phi) is 5.81. The number of rotatable bonds is 6. The van der Waals surface area contributed by atoms with Gasteiger partial charge in [0.15, 0.2) is 0 Å².